The topological polar surface area (TPSA) is 60.0 Å². The number of hydrogen-bond donors (Lipinski definition) is 2. The summed E-state index contributed by atoms with van der Waals surface area (Å²) in [5.74, 6) is 0.965. The monoisotopic (exact) mass is 539 g/mol. The summed E-state index contributed by atoms with van der Waals surface area (Å²) in [7, 11) is 1.67. The number of carbonyl (C=O) groups excluding carboxylic acids is 1. The van der Waals surface area contributed by atoms with Crippen LogP contribution in [0.5, 0.6) is 0 Å². The molecule has 0 saturated carbocycles. The Labute approximate surface area is 192 Å². The molecule has 3 rings (SSSR count). The lowest BCUT2D eigenvalue weighted by molar-refractivity contribution is -0.143. The van der Waals surface area contributed by atoms with Gasteiger partial charge in [-0.25, -0.2) is 0 Å². The molecule has 0 aliphatic carbocycles. The number of nitrogens with zero attached hydrogens (tertiary/aromatic N) is 3. The van der Waals surface area contributed by atoms with E-state index in [9.17, 15) is 18.0 Å². The highest BCUT2D eigenvalue weighted by molar-refractivity contribution is 14.0. The number of nitrogens with one attached hydrogen (secondary N) is 2. The molecule has 2 aliphatic heterocycles. The van der Waals surface area contributed by atoms with Gasteiger partial charge in [-0.3, -0.25) is 14.7 Å². The van der Waals surface area contributed by atoms with Gasteiger partial charge in [-0.2, -0.15) is 13.2 Å². The van der Waals surface area contributed by atoms with Crippen molar-refractivity contribution in [3.05, 3.63) is 29.8 Å². The average molecular weight is 539 g/mol. The van der Waals surface area contributed by atoms with E-state index in [1.807, 2.05) is 24.3 Å². The maximum Gasteiger partial charge on any atom is 0.401 e. The first-order valence-corrected chi connectivity index (χ1v) is 9.97. The normalized spacial score (nSPS) is 20.4. The van der Waals surface area contributed by atoms with Gasteiger partial charge in [0, 0.05) is 45.3 Å². The molecular weight excluding hydrogens is 510 g/mol. The van der Waals surface area contributed by atoms with Crippen LogP contribution in [-0.4, -0.2) is 62.7 Å². The van der Waals surface area contributed by atoms with E-state index in [1.54, 1.807) is 11.9 Å². The zero-order valence-corrected chi connectivity index (χ0v) is 19.4. The molecule has 2 aliphatic rings. The van der Waals surface area contributed by atoms with Crippen LogP contribution in [0.15, 0.2) is 29.3 Å². The Morgan fingerprint density at radius 1 is 1.20 bits per heavy atom. The number of rotatable bonds is 6. The fourth-order valence-corrected chi connectivity index (χ4v) is 3.84. The fraction of sp³-hybridized carbons (Fsp3) is 0.600. The van der Waals surface area contributed by atoms with Crippen molar-refractivity contribution in [3.63, 3.8) is 0 Å². The van der Waals surface area contributed by atoms with E-state index >= 15 is 0 Å². The smallest absolute Gasteiger partial charge is 0.356 e. The number of hydrogen-bond acceptors (Lipinski definition) is 3. The molecule has 1 aromatic carbocycles. The van der Waals surface area contributed by atoms with E-state index in [4.69, 9.17) is 0 Å². The van der Waals surface area contributed by atoms with Gasteiger partial charge in [-0.15, -0.1) is 24.0 Å². The highest BCUT2D eigenvalue weighted by atomic mass is 127. The van der Waals surface area contributed by atoms with Gasteiger partial charge in [0.25, 0.3) is 0 Å². The molecule has 0 spiro atoms. The van der Waals surface area contributed by atoms with Crippen molar-refractivity contribution in [2.75, 3.05) is 44.7 Å². The van der Waals surface area contributed by atoms with E-state index < -0.39 is 12.7 Å². The van der Waals surface area contributed by atoms with Crippen LogP contribution in [0.3, 0.4) is 0 Å². The van der Waals surface area contributed by atoms with Crippen molar-refractivity contribution in [2.24, 2.45) is 10.9 Å². The maximum atomic E-state index is 12.5. The highest BCUT2D eigenvalue weighted by Gasteiger charge is 2.34. The van der Waals surface area contributed by atoms with Gasteiger partial charge in [0.05, 0.1) is 6.54 Å². The van der Waals surface area contributed by atoms with E-state index in [1.165, 1.54) is 4.90 Å². The third-order valence-electron chi connectivity index (χ3n) is 5.34. The third-order valence-corrected chi connectivity index (χ3v) is 5.34. The predicted molar refractivity (Wildman–Crippen MR) is 122 cm³/mol. The molecule has 6 nitrogen and oxygen atoms in total. The van der Waals surface area contributed by atoms with Gasteiger partial charge in [0.2, 0.25) is 5.91 Å². The largest absolute Gasteiger partial charge is 0.401 e. The van der Waals surface area contributed by atoms with Crippen molar-refractivity contribution in [2.45, 2.75) is 32.0 Å². The molecule has 2 saturated heterocycles. The van der Waals surface area contributed by atoms with Crippen LogP contribution in [-0.2, 0) is 11.3 Å². The Hall–Kier alpha value is -1.56. The molecule has 0 aromatic heterocycles. The molecule has 2 N–H and O–H groups in total. The Bertz CT molecular complexity index is 726. The highest BCUT2D eigenvalue weighted by Crippen LogP contribution is 2.23. The van der Waals surface area contributed by atoms with Crippen molar-refractivity contribution >= 4 is 41.5 Å². The molecule has 2 heterocycles. The second-order valence-corrected chi connectivity index (χ2v) is 7.63. The first-order chi connectivity index (χ1) is 13.8. The first-order valence-electron chi connectivity index (χ1n) is 9.97. The van der Waals surface area contributed by atoms with Crippen LogP contribution in [0, 0.1) is 5.92 Å². The van der Waals surface area contributed by atoms with Crippen molar-refractivity contribution in [1.82, 2.24) is 15.5 Å². The third kappa shape index (κ3) is 7.29. The van der Waals surface area contributed by atoms with E-state index in [0.717, 1.165) is 30.6 Å². The summed E-state index contributed by atoms with van der Waals surface area (Å²) in [5, 5.41) is 6.43. The quantitative estimate of drug-likeness (QED) is 0.332. The standard InChI is InChI=1S/C20H28F3N5O.HI/c1-24-19(26-12-16-8-10-27(13-16)14-20(21,22)23)25-11-15-4-6-17(7-5-15)28-9-2-3-18(28)29;/h4-7,16H,2-3,8-14H2,1H3,(H2,24,25,26);1H. The molecule has 1 amide bonds. The van der Waals surface area contributed by atoms with Gasteiger partial charge in [-0.05, 0) is 43.0 Å². The predicted octanol–water partition coefficient (Wildman–Crippen LogP) is 2.98. The number of amides is 1. The zero-order chi connectivity index (χ0) is 20.9. The molecule has 0 bridgehead atoms. The minimum absolute atomic E-state index is 0. The summed E-state index contributed by atoms with van der Waals surface area (Å²) < 4.78 is 37.5. The Morgan fingerprint density at radius 2 is 1.93 bits per heavy atom. The summed E-state index contributed by atoms with van der Waals surface area (Å²) in [5.41, 5.74) is 1.98. The lowest BCUT2D eigenvalue weighted by Crippen LogP contribution is -2.40. The number of guanidine groups is 1. The van der Waals surface area contributed by atoms with Crippen LogP contribution < -0.4 is 15.5 Å². The zero-order valence-electron chi connectivity index (χ0n) is 17.0. The van der Waals surface area contributed by atoms with Crippen molar-refractivity contribution in [3.8, 4) is 0 Å². The molecule has 2 fully saturated rings. The molecule has 1 aromatic rings. The number of likely N-dealkylation sites (tertiary alicyclic amines) is 1. The molecule has 0 radical (unpaired) electrons. The van der Waals surface area contributed by atoms with Gasteiger partial charge < -0.3 is 15.5 Å². The molecule has 10 heteroatoms. The molecule has 30 heavy (non-hydrogen) atoms. The Kier molecular flexibility index (Phi) is 9.20. The number of aliphatic imine (C=N–C) groups is 1. The van der Waals surface area contributed by atoms with Gasteiger partial charge in [0.15, 0.2) is 5.96 Å². The van der Waals surface area contributed by atoms with Crippen LogP contribution in [0.4, 0.5) is 18.9 Å². The Morgan fingerprint density at radius 3 is 2.53 bits per heavy atom. The van der Waals surface area contributed by atoms with Crippen molar-refractivity contribution < 1.29 is 18.0 Å². The number of alkyl halides is 3. The minimum Gasteiger partial charge on any atom is -0.356 e. The molecular formula is C20H29F3IN5O. The summed E-state index contributed by atoms with van der Waals surface area (Å²) in [6, 6.07) is 7.86. The SMILES string of the molecule is CN=C(NCc1ccc(N2CCCC2=O)cc1)NCC1CCN(CC(F)(F)F)C1.I. The summed E-state index contributed by atoms with van der Waals surface area (Å²) >= 11 is 0. The fourth-order valence-electron chi connectivity index (χ4n) is 3.84. The lowest BCUT2D eigenvalue weighted by atomic mass is 10.1. The van der Waals surface area contributed by atoms with E-state index in [-0.39, 0.29) is 35.8 Å². The second kappa shape index (κ2) is 11.2. The summed E-state index contributed by atoms with van der Waals surface area (Å²) in [6.45, 7) is 2.01. The number of carbonyl (C=O) groups is 1. The summed E-state index contributed by atoms with van der Waals surface area (Å²) in [4.78, 5) is 19.3. The molecule has 1 unspecified atom stereocenters. The second-order valence-electron chi connectivity index (χ2n) is 7.63. The molecule has 168 valence electrons. The summed E-state index contributed by atoms with van der Waals surface area (Å²) in [6.07, 6.45) is -1.88. The van der Waals surface area contributed by atoms with Crippen LogP contribution >= 0.6 is 24.0 Å². The van der Waals surface area contributed by atoms with Crippen molar-refractivity contribution in [1.29, 1.82) is 0 Å². The Balaban J connectivity index is 0.00000320. The van der Waals surface area contributed by atoms with Gasteiger partial charge in [-0.1, -0.05) is 12.1 Å². The van der Waals surface area contributed by atoms with Crippen LogP contribution in [0.1, 0.15) is 24.8 Å². The number of benzene rings is 1. The molecule has 1 atom stereocenters. The van der Waals surface area contributed by atoms with Crippen LogP contribution in [0.2, 0.25) is 0 Å². The average Bonchev–Trinajstić information content (AvgIpc) is 3.30. The number of halogens is 4. The van der Waals surface area contributed by atoms with E-state index in [2.05, 4.69) is 15.6 Å². The minimum atomic E-state index is -4.14. The first kappa shape index (κ1) is 24.7. The van der Waals surface area contributed by atoms with Gasteiger partial charge in [0.1, 0.15) is 0 Å². The van der Waals surface area contributed by atoms with Gasteiger partial charge >= 0.3 is 6.18 Å². The number of anilines is 1. The lowest BCUT2D eigenvalue weighted by Gasteiger charge is -2.19. The van der Waals surface area contributed by atoms with Crippen LogP contribution in [0.25, 0.3) is 0 Å². The van der Waals surface area contributed by atoms with E-state index in [0.29, 0.717) is 38.6 Å². The maximum absolute atomic E-state index is 12.5.